The highest BCUT2D eigenvalue weighted by molar-refractivity contribution is 6.11. The van der Waals surface area contributed by atoms with Crippen molar-refractivity contribution < 1.29 is 37.1 Å². The maximum Gasteiger partial charge on any atom is 0.491 e. The quantitative estimate of drug-likeness (QED) is 0.0882. The van der Waals surface area contributed by atoms with E-state index in [-0.39, 0.29) is 23.8 Å². The molecule has 2 unspecified atom stereocenters. The number of carbonyl (C=O) groups is 4. The molecule has 4 rings (SSSR count). The van der Waals surface area contributed by atoms with E-state index in [0.29, 0.717) is 30.5 Å². The number of hydrogen-bond donors (Lipinski definition) is 2. The van der Waals surface area contributed by atoms with E-state index >= 15 is 0 Å². The van der Waals surface area contributed by atoms with Crippen LogP contribution in [0, 0.1) is 11.8 Å². The van der Waals surface area contributed by atoms with Crippen LogP contribution in [0.3, 0.4) is 0 Å². The molecule has 2 atom stereocenters. The van der Waals surface area contributed by atoms with Gasteiger partial charge < -0.3 is 26.0 Å². The molecule has 47 heavy (non-hydrogen) atoms. The molecular weight excluding hydrogens is 615 g/mol. The number of esters is 2. The molecule has 1 heterocycles. The number of nitrogens with zero attached hydrogens (tertiary/aromatic N) is 3. The fourth-order valence-electron chi connectivity index (χ4n) is 5.07. The van der Waals surface area contributed by atoms with Crippen molar-refractivity contribution >= 4 is 35.4 Å². The van der Waals surface area contributed by atoms with Crippen molar-refractivity contribution in [3.05, 3.63) is 101 Å². The van der Waals surface area contributed by atoms with Gasteiger partial charge in [0.15, 0.2) is 5.96 Å². The molecule has 0 spiro atoms. The second-order valence-corrected chi connectivity index (χ2v) is 10.7. The topological polar surface area (TPSA) is 148 Å². The second-order valence-electron chi connectivity index (χ2n) is 10.7. The molecule has 0 aromatic heterocycles. The molecule has 3 aromatic carbocycles. The normalized spacial score (nSPS) is 15.1. The van der Waals surface area contributed by atoms with E-state index in [0.717, 1.165) is 10.5 Å². The summed E-state index contributed by atoms with van der Waals surface area (Å²) >= 11 is 0. The Balaban J connectivity index is 1.79. The minimum absolute atomic E-state index is 0.0235. The Bertz CT molecular complexity index is 1710. The SMILES string of the molecule is CC(CC(=O)OC(=O)C(F)(F)F)N1C(=O)c2cc(C#CCCCN=C(N)N)ccc2N(Cc2ccccc2)C(=O)C1c1ccccc1. The van der Waals surface area contributed by atoms with Crippen molar-refractivity contribution in [3.63, 3.8) is 0 Å². The van der Waals surface area contributed by atoms with Crippen molar-refractivity contribution in [1.82, 2.24) is 4.90 Å². The summed E-state index contributed by atoms with van der Waals surface area (Å²) in [6.07, 6.45) is -5.14. The molecule has 0 saturated heterocycles. The third kappa shape index (κ3) is 8.76. The lowest BCUT2D eigenvalue weighted by molar-refractivity contribution is -0.202. The summed E-state index contributed by atoms with van der Waals surface area (Å²) in [6.45, 7) is 1.87. The van der Waals surface area contributed by atoms with Crippen molar-refractivity contribution in [3.8, 4) is 11.8 Å². The van der Waals surface area contributed by atoms with Gasteiger partial charge in [0.2, 0.25) is 0 Å². The van der Waals surface area contributed by atoms with Crippen LogP contribution in [0.1, 0.15) is 59.3 Å². The van der Waals surface area contributed by atoms with Crippen molar-refractivity contribution in [2.45, 2.75) is 51.0 Å². The summed E-state index contributed by atoms with van der Waals surface area (Å²) in [4.78, 5) is 59.3. The van der Waals surface area contributed by atoms with Gasteiger partial charge in [-0.05, 0) is 42.7 Å². The number of rotatable bonds is 9. The molecule has 0 saturated carbocycles. The standard InChI is InChI=1S/C34H32F3N5O5/c1-22(19-28(43)47-32(46)34(35,36)37)42-29(25-14-8-3-9-15-25)31(45)41(21-24-12-5-2-6-13-24)27-17-16-23(20-26(27)30(42)44)11-7-4-10-18-40-33(38)39/h2-3,5-6,8-9,12-17,20,22,29H,4,10,18-19,21H2,1H3,(H4,38,39,40). The Kier molecular flexibility index (Phi) is 11.0. The average Bonchev–Trinajstić information content (AvgIpc) is 3.11. The number of halogens is 3. The van der Waals surface area contributed by atoms with Gasteiger partial charge in [-0.15, -0.1) is 0 Å². The summed E-state index contributed by atoms with van der Waals surface area (Å²) in [5.74, 6) is 0.623. The number of hydrogen-bond acceptors (Lipinski definition) is 6. The van der Waals surface area contributed by atoms with Crippen molar-refractivity contribution in [2.75, 3.05) is 11.4 Å². The summed E-state index contributed by atoms with van der Waals surface area (Å²) in [6, 6.07) is 19.8. The summed E-state index contributed by atoms with van der Waals surface area (Å²) < 4.78 is 42.4. The van der Waals surface area contributed by atoms with Crippen LogP contribution in [0.25, 0.3) is 0 Å². The minimum Gasteiger partial charge on any atom is -0.386 e. The van der Waals surface area contributed by atoms with Gasteiger partial charge in [-0.2, -0.15) is 13.2 Å². The Morgan fingerprint density at radius 2 is 1.66 bits per heavy atom. The van der Waals surface area contributed by atoms with Crippen LogP contribution in [0.15, 0.2) is 83.9 Å². The van der Waals surface area contributed by atoms with E-state index in [2.05, 4.69) is 21.6 Å². The maximum absolute atomic E-state index is 14.5. The summed E-state index contributed by atoms with van der Waals surface area (Å²) in [7, 11) is 0. The van der Waals surface area contributed by atoms with E-state index in [1.165, 1.54) is 17.9 Å². The molecule has 2 amide bonds. The maximum atomic E-state index is 14.5. The molecule has 0 bridgehead atoms. The number of benzene rings is 3. The van der Waals surface area contributed by atoms with Crippen LogP contribution < -0.4 is 16.4 Å². The lowest BCUT2D eigenvalue weighted by Crippen LogP contribution is -2.47. The molecule has 10 nitrogen and oxygen atoms in total. The third-order valence-electron chi connectivity index (χ3n) is 7.19. The highest BCUT2D eigenvalue weighted by Crippen LogP contribution is 2.38. The van der Waals surface area contributed by atoms with E-state index in [4.69, 9.17) is 11.5 Å². The Hall–Kier alpha value is -5.64. The first-order chi connectivity index (χ1) is 22.4. The van der Waals surface area contributed by atoms with Crippen LogP contribution >= 0.6 is 0 Å². The molecule has 13 heteroatoms. The second kappa shape index (κ2) is 15.1. The van der Waals surface area contributed by atoms with Crippen LogP contribution in [0.4, 0.5) is 18.9 Å². The molecule has 0 fully saturated rings. The van der Waals surface area contributed by atoms with Gasteiger partial charge >= 0.3 is 18.1 Å². The van der Waals surface area contributed by atoms with Crippen molar-refractivity contribution in [2.24, 2.45) is 16.5 Å². The van der Waals surface area contributed by atoms with E-state index in [1.54, 1.807) is 42.5 Å². The number of fused-ring (bicyclic) bond motifs is 1. The van der Waals surface area contributed by atoms with Gasteiger partial charge in [-0.25, -0.2) is 4.79 Å². The average molecular weight is 648 g/mol. The zero-order valence-electron chi connectivity index (χ0n) is 25.4. The highest BCUT2D eigenvalue weighted by Gasteiger charge is 2.45. The molecule has 0 radical (unpaired) electrons. The zero-order chi connectivity index (χ0) is 34.1. The molecule has 1 aliphatic heterocycles. The monoisotopic (exact) mass is 647 g/mol. The summed E-state index contributed by atoms with van der Waals surface area (Å²) in [5.41, 5.74) is 12.7. The Morgan fingerprint density at radius 3 is 2.30 bits per heavy atom. The molecular formula is C34H32F3N5O5. The molecule has 4 N–H and O–H groups in total. The van der Waals surface area contributed by atoms with Crippen molar-refractivity contribution in [1.29, 1.82) is 0 Å². The number of carbonyl (C=O) groups excluding carboxylic acids is 4. The van der Waals surface area contributed by atoms with Crippen LogP contribution in [-0.2, 0) is 25.7 Å². The number of amides is 2. The Labute approximate surface area is 269 Å². The fraction of sp³-hybridized carbons (Fsp3) is 0.265. The number of nitrogens with two attached hydrogens (primary N) is 2. The van der Waals surface area contributed by atoms with E-state index < -0.39 is 48.4 Å². The molecule has 0 aliphatic carbocycles. The predicted molar refractivity (Wildman–Crippen MR) is 167 cm³/mol. The number of guanidine groups is 1. The first-order valence-electron chi connectivity index (χ1n) is 14.6. The fourth-order valence-corrected chi connectivity index (χ4v) is 5.07. The minimum atomic E-state index is -5.39. The number of alkyl halides is 3. The van der Waals surface area contributed by atoms with E-state index in [9.17, 15) is 32.3 Å². The van der Waals surface area contributed by atoms with Gasteiger partial charge in [0.25, 0.3) is 11.8 Å². The first kappa shape index (κ1) is 34.2. The summed E-state index contributed by atoms with van der Waals surface area (Å²) in [5, 5.41) is 0. The third-order valence-corrected chi connectivity index (χ3v) is 7.19. The van der Waals surface area contributed by atoms with E-state index in [1.807, 2.05) is 30.3 Å². The van der Waals surface area contributed by atoms with Gasteiger partial charge in [0.1, 0.15) is 6.04 Å². The predicted octanol–water partition coefficient (Wildman–Crippen LogP) is 4.23. The van der Waals surface area contributed by atoms with Crippen LogP contribution in [0.5, 0.6) is 0 Å². The number of ether oxygens (including phenoxy) is 1. The Morgan fingerprint density at radius 1 is 1.00 bits per heavy atom. The molecule has 244 valence electrons. The van der Waals surface area contributed by atoms with Gasteiger partial charge in [0, 0.05) is 24.6 Å². The van der Waals surface area contributed by atoms with Gasteiger partial charge in [-0.3, -0.25) is 19.4 Å². The number of unbranched alkanes of at least 4 members (excludes halogenated alkanes) is 1. The highest BCUT2D eigenvalue weighted by atomic mass is 19.4. The smallest absolute Gasteiger partial charge is 0.386 e. The molecule has 3 aromatic rings. The first-order valence-corrected chi connectivity index (χ1v) is 14.6. The zero-order valence-corrected chi connectivity index (χ0v) is 25.4. The van der Waals surface area contributed by atoms with Crippen LogP contribution in [-0.4, -0.2) is 53.4 Å². The number of anilines is 1. The van der Waals surface area contributed by atoms with Crippen LogP contribution in [0.2, 0.25) is 0 Å². The lowest BCUT2D eigenvalue weighted by Gasteiger charge is -2.35. The lowest BCUT2D eigenvalue weighted by atomic mass is 10.0. The largest absolute Gasteiger partial charge is 0.491 e. The molecule has 1 aliphatic rings. The van der Waals surface area contributed by atoms with Gasteiger partial charge in [0.05, 0.1) is 24.2 Å². The van der Waals surface area contributed by atoms with Gasteiger partial charge in [-0.1, -0.05) is 72.5 Å². The number of aliphatic imine (C=N–C) groups is 1.